The van der Waals surface area contributed by atoms with Crippen molar-refractivity contribution in [2.75, 3.05) is 44.2 Å². The number of nitrogens with zero attached hydrogens (tertiary/aromatic N) is 3. The lowest BCUT2D eigenvalue weighted by Gasteiger charge is -2.38. The van der Waals surface area contributed by atoms with E-state index in [0.717, 1.165) is 17.4 Å². The summed E-state index contributed by atoms with van der Waals surface area (Å²) in [6.07, 6.45) is 1.41. The summed E-state index contributed by atoms with van der Waals surface area (Å²) in [4.78, 5) is 43.5. The lowest BCUT2D eigenvalue weighted by atomic mass is 10.1. The van der Waals surface area contributed by atoms with Gasteiger partial charge in [-0.05, 0) is 51.0 Å². The number of carbonyl (C=O) groups excluding carboxylic acids is 3. The fraction of sp³-hybridized carbons (Fsp3) is 0.519. The largest absolute Gasteiger partial charge is 0.431 e. The van der Waals surface area contributed by atoms with Crippen molar-refractivity contribution in [1.29, 1.82) is 0 Å². The first-order chi connectivity index (χ1) is 20.4. The molecule has 0 saturated carbocycles. The normalized spacial score (nSPS) is 17.4. The summed E-state index contributed by atoms with van der Waals surface area (Å²) in [6.45, 7) is 2.26. The average molecular weight is 662 g/mol. The number of benzene rings is 1. The van der Waals surface area contributed by atoms with Crippen LogP contribution in [0.15, 0.2) is 35.2 Å². The van der Waals surface area contributed by atoms with Crippen LogP contribution in [0.3, 0.4) is 0 Å². The number of carbonyl (C=O) groups is 3. The molecule has 3 amide bonds. The second-order valence-electron chi connectivity index (χ2n) is 10.4. The Morgan fingerprint density at radius 2 is 1.79 bits per heavy atom. The molecular formula is C27H34ClF2N5O6S2. The Kier molecular flexibility index (Phi) is 11.0. The zero-order chi connectivity index (χ0) is 31.3. The average Bonchev–Trinajstić information content (AvgIpc) is 3.41. The molecule has 4 rings (SSSR count). The van der Waals surface area contributed by atoms with Gasteiger partial charge in [0.25, 0.3) is 5.91 Å². The van der Waals surface area contributed by atoms with Crippen molar-refractivity contribution in [3.63, 3.8) is 0 Å². The molecule has 1 atom stereocenters. The molecular weight excluding hydrogens is 628 g/mol. The maximum Gasteiger partial charge on any atom is 0.387 e. The van der Waals surface area contributed by atoms with E-state index in [1.165, 1.54) is 34.1 Å². The maximum atomic E-state index is 13.8. The van der Waals surface area contributed by atoms with Crippen LogP contribution in [-0.4, -0.2) is 93.9 Å². The van der Waals surface area contributed by atoms with Gasteiger partial charge in [-0.15, -0.1) is 11.3 Å². The van der Waals surface area contributed by atoms with Crippen molar-refractivity contribution >= 4 is 56.4 Å². The summed E-state index contributed by atoms with van der Waals surface area (Å²) in [6, 6.07) is 5.52. The number of ether oxygens (including phenoxy) is 1. The van der Waals surface area contributed by atoms with Crippen molar-refractivity contribution in [2.24, 2.45) is 0 Å². The number of hydrogen-bond donors (Lipinski definition) is 2. The molecule has 1 aromatic heterocycles. The molecule has 43 heavy (non-hydrogen) atoms. The number of halogens is 3. The summed E-state index contributed by atoms with van der Waals surface area (Å²) in [7, 11) is -4.70. The van der Waals surface area contributed by atoms with E-state index in [1.807, 2.05) is 13.8 Å². The van der Waals surface area contributed by atoms with Gasteiger partial charge < -0.3 is 19.9 Å². The number of para-hydroxylation sites is 1. The molecule has 236 valence electrons. The van der Waals surface area contributed by atoms with Gasteiger partial charge in [0, 0.05) is 51.7 Å². The van der Waals surface area contributed by atoms with Crippen LogP contribution >= 0.6 is 22.9 Å². The van der Waals surface area contributed by atoms with Crippen molar-refractivity contribution in [2.45, 2.75) is 56.7 Å². The molecule has 0 bridgehead atoms. The fourth-order valence-electron chi connectivity index (χ4n) is 5.02. The molecule has 0 spiro atoms. The third kappa shape index (κ3) is 8.20. The van der Waals surface area contributed by atoms with Crippen LogP contribution in [0.2, 0.25) is 4.34 Å². The molecule has 11 nitrogen and oxygen atoms in total. The SMILES string of the molecule is CC(C)N1CCN(C(=O)[C@H](CNC(=O)c2ccc(Cl)s2)NS(=O)(=O)c2cccc(N3CCCCC3=O)c2OC(F)F)CC1. The highest BCUT2D eigenvalue weighted by atomic mass is 35.5. The maximum absolute atomic E-state index is 13.8. The van der Waals surface area contributed by atoms with E-state index in [4.69, 9.17) is 11.6 Å². The van der Waals surface area contributed by atoms with Crippen LogP contribution in [0.1, 0.15) is 42.8 Å². The van der Waals surface area contributed by atoms with E-state index in [9.17, 15) is 31.6 Å². The number of thiophene rings is 1. The van der Waals surface area contributed by atoms with Crippen LogP contribution in [0.4, 0.5) is 14.5 Å². The second-order valence-corrected chi connectivity index (χ2v) is 13.8. The van der Waals surface area contributed by atoms with E-state index in [-0.39, 0.29) is 35.5 Å². The van der Waals surface area contributed by atoms with E-state index >= 15 is 0 Å². The Morgan fingerprint density at radius 3 is 2.40 bits per heavy atom. The van der Waals surface area contributed by atoms with Gasteiger partial charge in [-0.3, -0.25) is 19.3 Å². The quantitative estimate of drug-likeness (QED) is 0.379. The minimum Gasteiger partial charge on any atom is -0.431 e. The highest BCUT2D eigenvalue weighted by molar-refractivity contribution is 7.89. The van der Waals surface area contributed by atoms with Gasteiger partial charge in [-0.25, -0.2) is 8.42 Å². The van der Waals surface area contributed by atoms with Gasteiger partial charge in [0.1, 0.15) is 10.9 Å². The van der Waals surface area contributed by atoms with E-state index in [2.05, 4.69) is 19.7 Å². The zero-order valence-corrected chi connectivity index (χ0v) is 26.1. The molecule has 0 aliphatic carbocycles. The topological polar surface area (TPSA) is 128 Å². The highest BCUT2D eigenvalue weighted by Gasteiger charge is 2.35. The van der Waals surface area contributed by atoms with Crippen LogP contribution in [0.5, 0.6) is 5.75 Å². The Hall–Kier alpha value is -2.85. The number of sulfonamides is 1. The third-order valence-electron chi connectivity index (χ3n) is 7.28. The van der Waals surface area contributed by atoms with Crippen LogP contribution in [0, 0.1) is 0 Å². The number of nitrogens with one attached hydrogen (secondary N) is 2. The Labute approximate surface area is 258 Å². The van der Waals surface area contributed by atoms with E-state index < -0.39 is 51.7 Å². The number of alkyl halides is 2. The van der Waals surface area contributed by atoms with Gasteiger partial charge in [0.2, 0.25) is 21.8 Å². The second kappa shape index (κ2) is 14.3. The molecule has 3 heterocycles. The molecule has 2 N–H and O–H groups in total. The van der Waals surface area contributed by atoms with Crippen molar-refractivity contribution in [1.82, 2.24) is 19.8 Å². The van der Waals surface area contributed by atoms with Crippen LogP contribution in [0.25, 0.3) is 0 Å². The van der Waals surface area contributed by atoms with Gasteiger partial charge >= 0.3 is 6.61 Å². The van der Waals surface area contributed by atoms with Crippen LogP contribution in [-0.2, 0) is 19.6 Å². The first-order valence-corrected chi connectivity index (χ1v) is 16.5. The Balaban J connectivity index is 1.64. The molecule has 2 aliphatic rings. The molecule has 2 aromatic rings. The number of piperidine rings is 1. The first kappa shape index (κ1) is 33.1. The monoisotopic (exact) mass is 661 g/mol. The standard InChI is InChI=1S/C27H34ClF2N5O6S2/c1-17(2)33-12-14-34(15-13-33)26(38)18(16-31-25(37)20-9-10-22(28)42-20)32-43(39,40)21-7-5-6-19(24(21)41-27(29)30)35-11-4-3-8-23(35)36/h5-7,9-10,17-18,27,32H,3-4,8,11-16H2,1-2H3,(H,31,37)/t18-/m0/s1. The number of rotatable bonds is 11. The lowest BCUT2D eigenvalue weighted by molar-refractivity contribution is -0.134. The third-order valence-corrected chi connectivity index (χ3v) is 10.0. The minimum absolute atomic E-state index is 0.108. The van der Waals surface area contributed by atoms with Crippen molar-refractivity contribution in [3.8, 4) is 5.75 Å². The minimum atomic E-state index is -4.70. The van der Waals surface area contributed by atoms with Gasteiger partial charge in [0.15, 0.2) is 5.75 Å². The predicted octanol–water partition coefficient (Wildman–Crippen LogP) is 3.15. The Bertz CT molecular complexity index is 1430. The molecule has 2 saturated heterocycles. The van der Waals surface area contributed by atoms with Crippen molar-refractivity contribution in [3.05, 3.63) is 39.5 Å². The zero-order valence-electron chi connectivity index (χ0n) is 23.7. The smallest absolute Gasteiger partial charge is 0.387 e. The predicted molar refractivity (Wildman–Crippen MR) is 158 cm³/mol. The molecule has 0 radical (unpaired) electrons. The van der Waals surface area contributed by atoms with E-state index in [1.54, 1.807) is 0 Å². The summed E-state index contributed by atoms with van der Waals surface area (Å²) < 4.78 is 62.0. The lowest BCUT2D eigenvalue weighted by Crippen LogP contribution is -2.58. The summed E-state index contributed by atoms with van der Waals surface area (Å²) >= 11 is 6.94. The Morgan fingerprint density at radius 1 is 1.07 bits per heavy atom. The molecule has 16 heteroatoms. The summed E-state index contributed by atoms with van der Waals surface area (Å²) in [5.41, 5.74) is -0.108. The van der Waals surface area contributed by atoms with Gasteiger partial charge in [0.05, 0.1) is 14.9 Å². The molecule has 0 unspecified atom stereocenters. The van der Waals surface area contributed by atoms with Gasteiger partial charge in [-0.2, -0.15) is 13.5 Å². The first-order valence-electron chi connectivity index (χ1n) is 13.8. The highest BCUT2D eigenvalue weighted by Crippen LogP contribution is 2.38. The number of piperazine rings is 1. The van der Waals surface area contributed by atoms with Crippen LogP contribution < -0.4 is 19.7 Å². The number of hydrogen-bond acceptors (Lipinski definition) is 8. The number of anilines is 1. The molecule has 2 fully saturated rings. The molecule has 2 aliphatic heterocycles. The molecule has 1 aromatic carbocycles. The van der Waals surface area contributed by atoms with Gasteiger partial charge in [-0.1, -0.05) is 17.7 Å². The van der Waals surface area contributed by atoms with E-state index in [0.29, 0.717) is 43.4 Å². The summed E-state index contributed by atoms with van der Waals surface area (Å²) in [5.74, 6) is -2.20. The van der Waals surface area contributed by atoms with Crippen molar-refractivity contribution < 1.29 is 36.3 Å². The number of amides is 3. The summed E-state index contributed by atoms with van der Waals surface area (Å²) in [5, 5.41) is 2.57. The fourth-order valence-corrected chi connectivity index (χ4v) is 7.32.